The number of rotatable bonds is 6. The molecule has 2 aromatic carbocycles. The molecule has 32 heavy (non-hydrogen) atoms. The Morgan fingerprint density at radius 2 is 1.78 bits per heavy atom. The van der Waals surface area contributed by atoms with Crippen molar-refractivity contribution >= 4 is 15.9 Å². The summed E-state index contributed by atoms with van der Waals surface area (Å²) in [6.07, 6.45) is 0.687. The van der Waals surface area contributed by atoms with Crippen LogP contribution in [0.2, 0.25) is 0 Å². The summed E-state index contributed by atoms with van der Waals surface area (Å²) in [5.41, 5.74) is 3.09. The zero-order valence-corrected chi connectivity index (χ0v) is 19.5. The molecular weight excluding hydrogens is 426 g/mol. The van der Waals surface area contributed by atoms with E-state index in [0.29, 0.717) is 25.2 Å². The molecule has 1 fully saturated rings. The van der Waals surface area contributed by atoms with Gasteiger partial charge in [-0.3, -0.25) is 9.69 Å². The molecule has 172 valence electrons. The minimum Gasteiger partial charge on any atom is -0.373 e. The Kier molecular flexibility index (Phi) is 6.95. The zero-order chi connectivity index (χ0) is 22.7. The molecular formula is C24H31N3O4S. The van der Waals surface area contributed by atoms with Crippen LogP contribution < -0.4 is 5.32 Å². The molecule has 4 rings (SSSR count). The van der Waals surface area contributed by atoms with Gasteiger partial charge in [0.05, 0.1) is 17.1 Å². The molecule has 1 amide bonds. The summed E-state index contributed by atoms with van der Waals surface area (Å²) in [6, 6.07) is 14.7. The van der Waals surface area contributed by atoms with Gasteiger partial charge in [-0.1, -0.05) is 30.3 Å². The highest BCUT2D eigenvalue weighted by molar-refractivity contribution is 7.89. The molecule has 2 aliphatic rings. The van der Waals surface area contributed by atoms with Crippen molar-refractivity contribution in [2.24, 2.45) is 0 Å². The van der Waals surface area contributed by atoms with E-state index in [1.165, 1.54) is 21.5 Å². The molecule has 0 radical (unpaired) electrons. The van der Waals surface area contributed by atoms with Gasteiger partial charge < -0.3 is 10.1 Å². The maximum Gasteiger partial charge on any atom is 0.251 e. The maximum atomic E-state index is 13.1. The first-order valence-corrected chi connectivity index (χ1v) is 12.6. The lowest BCUT2D eigenvalue weighted by atomic mass is 10.00. The van der Waals surface area contributed by atoms with Gasteiger partial charge in [-0.15, -0.1) is 0 Å². The third-order valence-electron chi connectivity index (χ3n) is 6.04. The van der Waals surface area contributed by atoms with Crippen molar-refractivity contribution in [3.05, 3.63) is 65.2 Å². The third kappa shape index (κ3) is 5.20. The lowest BCUT2D eigenvalue weighted by Crippen LogP contribution is -2.48. The smallest absolute Gasteiger partial charge is 0.251 e. The molecule has 0 aliphatic carbocycles. The van der Waals surface area contributed by atoms with Gasteiger partial charge >= 0.3 is 0 Å². The summed E-state index contributed by atoms with van der Waals surface area (Å²) in [7, 11) is -3.68. The van der Waals surface area contributed by atoms with Crippen molar-refractivity contribution in [3.63, 3.8) is 0 Å². The fourth-order valence-corrected chi connectivity index (χ4v) is 6.09. The molecule has 2 heterocycles. The highest BCUT2D eigenvalue weighted by atomic mass is 32.2. The van der Waals surface area contributed by atoms with Crippen LogP contribution in [-0.2, 0) is 27.7 Å². The minimum atomic E-state index is -3.68. The first kappa shape index (κ1) is 22.9. The maximum absolute atomic E-state index is 13.1. The number of hydrogen-bond donors (Lipinski definition) is 1. The van der Waals surface area contributed by atoms with Crippen molar-refractivity contribution in [2.75, 3.05) is 32.7 Å². The molecule has 2 unspecified atom stereocenters. The van der Waals surface area contributed by atoms with Crippen LogP contribution in [0, 0.1) is 0 Å². The van der Waals surface area contributed by atoms with Crippen LogP contribution in [0.5, 0.6) is 0 Å². The van der Waals surface area contributed by atoms with Gasteiger partial charge in [0.25, 0.3) is 5.91 Å². The number of sulfonamides is 1. The molecule has 1 N–H and O–H groups in total. The number of nitrogens with zero attached hydrogens (tertiary/aromatic N) is 2. The van der Waals surface area contributed by atoms with Crippen LogP contribution in [-0.4, -0.2) is 68.5 Å². The Morgan fingerprint density at radius 3 is 2.53 bits per heavy atom. The average molecular weight is 458 g/mol. The van der Waals surface area contributed by atoms with E-state index in [2.05, 4.69) is 34.5 Å². The number of fused-ring (bicyclic) bond motifs is 1. The van der Waals surface area contributed by atoms with E-state index in [1.54, 1.807) is 18.2 Å². The fourth-order valence-electron chi connectivity index (χ4n) is 4.45. The normalized spacial score (nSPS) is 22.3. The fraction of sp³-hybridized carbons (Fsp3) is 0.458. The van der Waals surface area contributed by atoms with Gasteiger partial charge in [-0.2, -0.15) is 4.31 Å². The topological polar surface area (TPSA) is 79.0 Å². The second kappa shape index (κ2) is 9.70. The lowest BCUT2D eigenvalue weighted by molar-refractivity contribution is -0.0440. The first-order chi connectivity index (χ1) is 15.3. The van der Waals surface area contributed by atoms with Gasteiger partial charge in [0.2, 0.25) is 10.0 Å². The Balaban J connectivity index is 1.35. The molecule has 0 aromatic heterocycles. The van der Waals surface area contributed by atoms with Crippen molar-refractivity contribution in [1.82, 2.24) is 14.5 Å². The number of hydrogen-bond acceptors (Lipinski definition) is 5. The Hall–Kier alpha value is -2.26. The van der Waals surface area contributed by atoms with E-state index in [-0.39, 0.29) is 23.0 Å². The van der Waals surface area contributed by atoms with Crippen LogP contribution in [0.3, 0.4) is 0 Å². The largest absolute Gasteiger partial charge is 0.373 e. The Labute approximate surface area is 190 Å². The summed E-state index contributed by atoms with van der Waals surface area (Å²) in [5.74, 6) is -0.261. The van der Waals surface area contributed by atoms with Gasteiger partial charge in [0.15, 0.2) is 0 Å². The molecule has 8 heteroatoms. The van der Waals surface area contributed by atoms with Crippen molar-refractivity contribution < 1.29 is 17.9 Å². The average Bonchev–Trinajstić information content (AvgIpc) is 2.78. The molecule has 1 saturated heterocycles. The highest BCUT2D eigenvalue weighted by Gasteiger charge is 2.32. The molecule has 7 nitrogen and oxygen atoms in total. The summed E-state index contributed by atoms with van der Waals surface area (Å²) in [5, 5.41) is 2.93. The number of benzene rings is 2. The SMILES string of the molecule is CC1CN(S(=O)(=O)c2cccc(C(=O)NCCN3CCc4ccccc4C3)c2)CC(C)O1. The van der Waals surface area contributed by atoms with E-state index in [9.17, 15) is 13.2 Å². The third-order valence-corrected chi connectivity index (χ3v) is 7.87. The zero-order valence-electron chi connectivity index (χ0n) is 18.7. The molecule has 2 aromatic rings. The summed E-state index contributed by atoms with van der Waals surface area (Å²) in [4.78, 5) is 15.1. The number of carbonyl (C=O) groups is 1. The number of nitrogens with one attached hydrogen (secondary N) is 1. The van der Waals surface area contributed by atoms with Crippen LogP contribution >= 0.6 is 0 Å². The highest BCUT2D eigenvalue weighted by Crippen LogP contribution is 2.22. The minimum absolute atomic E-state index is 0.138. The number of morpholine rings is 1. The van der Waals surface area contributed by atoms with E-state index in [0.717, 1.165) is 26.1 Å². The molecule has 0 bridgehead atoms. The molecule has 2 aliphatic heterocycles. The van der Waals surface area contributed by atoms with E-state index < -0.39 is 10.0 Å². The van der Waals surface area contributed by atoms with Crippen LogP contribution in [0.4, 0.5) is 0 Å². The summed E-state index contributed by atoms with van der Waals surface area (Å²) >= 11 is 0. The number of carbonyl (C=O) groups excluding carboxylic acids is 1. The van der Waals surface area contributed by atoms with E-state index >= 15 is 0 Å². The molecule has 0 saturated carbocycles. The van der Waals surface area contributed by atoms with Gasteiger partial charge in [0.1, 0.15) is 0 Å². The molecule has 0 spiro atoms. The summed E-state index contributed by atoms with van der Waals surface area (Å²) in [6.45, 7) is 7.46. The number of ether oxygens (including phenoxy) is 1. The van der Waals surface area contributed by atoms with Crippen molar-refractivity contribution in [2.45, 2.75) is 43.9 Å². The predicted molar refractivity (Wildman–Crippen MR) is 123 cm³/mol. The monoisotopic (exact) mass is 457 g/mol. The van der Waals surface area contributed by atoms with Gasteiger partial charge in [-0.05, 0) is 49.6 Å². The summed E-state index contributed by atoms with van der Waals surface area (Å²) < 4.78 is 33.3. The van der Waals surface area contributed by atoms with E-state index in [4.69, 9.17) is 4.74 Å². The standard InChI is InChI=1S/C24H31N3O4S/c1-18-15-27(16-19(2)31-18)32(29,30)23-9-5-8-21(14-23)24(28)25-11-13-26-12-10-20-6-3-4-7-22(20)17-26/h3-9,14,18-19H,10-13,15-17H2,1-2H3,(H,25,28). The second-order valence-corrected chi connectivity index (χ2v) is 10.6. The van der Waals surface area contributed by atoms with E-state index in [1.807, 2.05) is 13.8 Å². The first-order valence-electron chi connectivity index (χ1n) is 11.2. The van der Waals surface area contributed by atoms with Crippen LogP contribution in [0.1, 0.15) is 35.3 Å². The lowest BCUT2D eigenvalue weighted by Gasteiger charge is -2.34. The van der Waals surface area contributed by atoms with Crippen LogP contribution in [0.15, 0.2) is 53.4 Å². The second-order valence-electron chi connectivity index (χ2n) is 8.66. The Morgan fingerprint density at radius 1 is 1.06 bits per heavy atom. The molecule has 2 atom stereocenters. The van der Waals surface area contributed by atoms with Crippen molar-refractivity contribution in [3.8, 4) is 0 Å². The predicted octanol–water partition coefficient (Wildman–Crippen LogP) is 2.27. The van der Waals surface area contributed by atoms with Crippen molar-refractivity contribution in [1.29, 1.82) is 0 Å². The quantitative estimate of drug-likeness (QED) is 0.720. The number of amides is 1. The van der Waals surface area contributed by atoms with Crippen LogP contribution in [0.25, 0.3) is 0 Å². The Bertz CT molecular complexity index is 1060. The van der Waals surface area contributed by atoms with Gasteiger partial charge in [0, 0.05) is 44.8 Å². The van der Waals surface area contributed by atoms with Gasteiger partial charge in [-0.25, -0.2) is 8.42 Å².